The van der Waals surface area contributed by atoms with Crippen molar-refractivity contribution in [3.05, 3.63) is 70.9 Å². The van der Waals surface area contributed by atoms with Crippen LogP contribution in [0, 0.1) is 25.2 Å². The Morgan fingerprint density at radius 2 is 1.71 bits per heavy atom. The normalized spacial score (nSPS) is 14.1. The number of halogens is 1. The highest BCUT2D eigenvalue weighted by Crippen LogP contribution is 2.24. The van der Waals surface area contributed by atoms with Crippen LogP contribution < -0.4 is 10.2 Å². The van der Waals surface area contributed by atoms with Crippen LogP contribution in [0.2, 0.25) is 0 Å². The number of anilines is 2. The smallest absolute Gasteiger partial charge is 0.267 e. The van der Waals surface area contributed by atoms with Crippen LogP contribution in [0.5, 0.6) is 0 Å². The fourth-order valence-electron chi connectivity index (χ4n) is 3.64. The van der Waals surface area contributed by atoms with E-state index in [1.807, 2.05) is 24.3 Å². The molecule has 0 aliphatic carbocycles. The topological polar surface area (TPSA) is 59.4 Å². The molecular formula is C25H31ClN4O. The van der Waals surface area contributed by atoms with Crippen LogP contribution in [0.1, 0.15) is 36.5 Å². The maximum Gasteiger partial charge on any atom is 0.267 e. The van der Waals surface area contributed by atoms with E-state index in [4.69, 9.17) is 0 Å². The minimum Gasteiger partial charge on any atom is -0.373 e. The number of carbonyl (C=O) groups excluding carboxylic acids is 1. The lowest BCUT2D eigenvalue weighted by Crippen LogP contribution is -2.44. The van der Waals surface area contributed by atoms with Crippen molar-refractivity contribution >= 4 is 29.7 Å². The van der Waals surface area contributed by atoms with Crippen molar-refractivity contribution < 1.29 is 4.79 Å². The molecular weight excluding hydrogens is 408 g/mol. The number of piperazine rings is 1. The summed E-state index contributed by atoms with van der Waals surface area (Å²) in [5, 5.41) is 12.3. The molecule has 0 aromatic heterocycles. The van der Waals surface area contributed by atoms with Gasteiger partial charge in [-0.2, -0.15) is 5.26 Å². The summed E-state index contributed by atoms with van der Waals surface area (Å²) >= 11 is 0. The van der Waals surface area contributed by atoms with Gasteiger partial charge in [0.1, 0.15) is 11.6 Å². The standard InChI is InChI=1S/C25H30N4O.ClH/c1-18(2)21-8-10-23(11-9-21)27-25(30)22(16-26)17-28-12-14-29(15-13-28)24-7-5-6-19(3)20(24)4;/h5-11,17-18H,12-15H2,1-4H3,(H,27,30);1H/b22-17-;. The zero-order valence-corrected chi connectivity index (χ0v) is 19.5. The summed E-state index contributed by atoms with van der Waals surface area (Å²) in [4.78, 5) is 17.0. The lowest BCUT2D eigenvalue weighted by atomic mass is 10.0. The molecule has 3 rings (SSSR count). The fourth-order valence-corrected chi connectivity index (χ4v) is 3.64. The van der Waals surface area contributed by atoms with E-state index in [0.29, 0.717) is 11.6 Å². The van der Waals surface area contributed by atoms with Gasteiger partial charge >= 0.3 is 0 Å². The number of benzene rings is 2. The molecule has 1 aliphatic heterocycles. The molecule has 2 aromatic carbocycles. The Bertz CT molecular complexity index is 968. The van der Waals surface area contributed by atoms with Crippen LogP contribution in [0.3, 0.4) is 0 Å². The summed E-state index contributed by atoms with van der Waals surface area (Å²) in [6, 6.07) is 16.2. The first-order valence-electron chi connectivity index (χ1n) is 10.5. The van der Waals surface area contributed by atoms with Crippen LogP contribution in [-0.2, 0) is 4.79 Å². The van der Waals surface area contributed by atoms with Crippen molar-refractivity contribution in [3.63, 3.8) is 0 Å². The van der Waals surface area contributed by atoms with Crippen LogP contribution in [-0.4, -0.2) is 37.0 Å². The molecule has 0 spiro atoms. The fraction of sp³-hybridized carbons (Fsp3) is 0.360. The number of rotatable bonds is 5. The highest BCUT2D eigenvalue weighted by molar-refractivity contribution is 6.06. The molecule has 1 amide bonds. The number of nitrogens with zero attached hydrogens (tertiary/aromatic N) is 3. The average molecular weight is 439 g/mol. The summed E-state index contributed by atoms with van der Waals surface area (Å²) in [7, 11) is 0. The first-order valence-corrected chi connectivity index (χ1v) is 10.5. The Morgan fingerprint density at radius 3 is 2.29 bits per heavy atom. The quantitative estimate of drug-likeness (QED) is 0.526. The minimum atomic E-state index is -0.369. The lowest BCUT2D eigenvalue weighted by molar-refractivity contribution is -0.112. The molecule has 2 aromatic rings. The second-order valence-electron chi connectivity index (χ2n) is 8.13. The van der Waals surface area contributed by atoms with E-state index < -0.39 is 0 Å². The van der Waals surface area contributed by atoms with E-state index >= 15 is 0 Å². The molecule has 5 nitrogen and oxygen atoms in total. The number of carbonyl (C=O) groups is 1. The van der Waals surface area contributed by atoms with Gasteiger partial charge in [-0.1, -0.05) is 38.1 Å². The van der Waals surface area contributed by atoms with Crippen LogP contribution in [0.15, 0.2) is 54.2 Å². The SMILES string of the molecule is Cc1cccc(N2CCN(/C=C(/C#N)C(=O)Nc3ccc(C(C)C)cc3)CC2)c1C.Cl. The zero-order valence-electron chi connectivity index (χ0n) is 18.7. The molecule has 1 heterocycles. The largest absolute Gasteiger partial charge is 0.373 e. The Hall–Kier alpha value is -2.97. The van der Waals surface area contributed by atoms with E-state index in [1.54, 1.807) is 6.20 Å². The highest BCUT2D eigenvalue weighted by atomic mass is 35.5. The number of nitrogens with one attached hydrogen (secondary N) is 1. The third kappa shape index (κ3) is 6.02. The molecule has 1 fully saturated rings. The van der Waals surface area contributed by atoms with Gasteiger partial charge in [-0.15, -0.1) is 12.4 Å². The summed E-state index contributed by atoms with van der Waals surface area (Å²) in [6.07, 6.45) is 1.69. The van der Waals surface area contributed by atoms with Gasteiger partial charge in [0.2, 0.25) is 0 Å². The molecule has 0 atom stereocenters. The molecule has 1 saturated heterocycles. The van der Waals surface area contributed by atoms with Gasteiger partial charge in [0, 0.05) is 43.8 Å². The maximum absolute atomic E-state index is 12.6. The zero-order chi connectivity index (χ0) is 21.7. The molecule has 1 N–H and O–H groups in total. The Labute approximate surface area is 191 Å². The highest BCUT2D eigenvalue weighted by Gasteiger charge is 2.19. The van der Waals surface area contributed by atoms with Gasteiger partial charge < -0.3 is 15.1 Å². The van der Waals surface area contributed by atoms with E-state index in [9.17, 15) is 10.1 Å². The van der Waals surface area contributed by atoms with Crippen LogP contribution in [0.4, 0.5) is 11.4 Å². The van der Waals surface area contributed by atoms with Gasteiger partial charge in [0.05, 0.1) is 0 Å². The number of amides is 1. The van der Waals surface area contributed by atoms with Crippen LogP contribution >= 0.6 is 12.4 Å². The number of aryl methyl sites for hydroxylation is 1. The Balaban J connectivity index is 0.00000341. The first kappa shape index (κ1) is 24.3. The molecule has 0 radical (unpaired) electrons. The van der Waals surface area contributed by atoms with Crippen molar-refractivity contribution in [2.75, 3.05) is 36.4 Å². The lowest BCUT2D eigenvalue weighted by Gasteiger charge is -2.36. The molecule has 0 bridgehead atoms. The predicted molar refractivity (Wildman–Crippen MR) is 130 cm³/mol. The van der Waals surface area contributed by atoms with E-state index in [0.717, 1.165) is 26.2 Å². The predicted octanol–water partition coefficient (Wildman–Crippen LogP) is 5.02. The van der Waals surface area contributed by atoms with Gasteiger partial charge in [0.15, 0.2) is 0 Å². The molecule has 0 saturated carbocycles. The first-order chi connectivity index (χ1) is 14.4. The molecule has 6 heteroatoms. The van der Waals surface area contributed by atoms with Crippen molar-refractivity contribution in [3.8, 4) is 6.07 Å². The summed E-state index contributed by atoms with van der Waals surface area (Å²) in [5.74, 6) is 0.0679. The monoisotopic (exact) mass is 438 g/mol. The minimum absolute atomic E-state index is 0. The van der Waals surface area contributed by atoms with Crippen molar-refractivity contribution in [2.45, 2.75) is 33.6 Å². The second-order valence-corrected chi connectivity index (χ2v) is 8.13. The van der Waals surface area contributed by atoms with Gasteiger partial charge in [-0.3, -0.25) is 4.79 Å². The van der Waals surface area contributed by atoms with E-state index in [1.165, 1.54) is 22.4 Å². The van der Waals surface area contributed by atoms with Crippen molar-refractivity contribution in [2.24, 2.45) is 0 Å². The molecule has 31 heavy (non-hydrogen) atoms. The third-order valence-corrected chi connectivity index (χ3v) is 5.74. The van der Waals surface area contributed by atoms with Gasteiger partial charge in [-0.25, -0.2) is 0 Å². The van der Waals surface area contributed by atoms with Gasteiger partial charge in [-0.05, 0) is 54.7 Å². The molecule has 164 valence electrons. The number of hydrogen-bond acceptors (Lipinski definition) is 4. The Morgan fingerprint density at radius 1 is 1.06 bits per heavy atom. The summed E-state index contributed by atoms with van der Waals surface area (Å²) in [6.45, 7) is 11.8. The Kier molecular flexibility index (Phi) is 8.53. The molecule has 1 aliphatic rings. The number of nitriles is 1. The molecule has 0 unspecified atom stereocenters. The van der Waals surface area contributed by atoms with Crippen LogP contribution in [0.25, 0.3) is 0 Å². The van der Waals surface area contributed by atoms with Crippen molar-refractivity contribution in [1.29, 1.82) is 5.26 Å². The van der Waals surface area contributed by atoms with Gasteiger partial charge in [0.25, 0.3) is 5.91 Å². The van der Waals surface area contributed by atoms with E-state index in [2.05, 4.69) is 67.1 Å². The number of hydrogen-bond donors (Lipinski definition) is 1. The third-order valence-electron chi connectivity index (χ3n) is 5.74. The summed E-state index contributed by atoms with van der Waals surface area (Å²) < 4.78 is 0. The van der Waals surface area contributed by atoms with Crippen molar-refractivity contribution in [1.82, 2.24) is 4.90 Å². The second kappa shape index (κ2) is 10.9. The summed E-state index contributed by atoms with van der Waals surface area (Å²) in [5.41, 5.74) is 5.91. The maximum atomic E-state index is 12.6. The average Bonchev–Trinajstić information content (AvgIpc) is 2.75. The van der Waals surface area contributed by atoms with E-state index in [-0.39, 0.29) is 23.9 Å².